The third-order valence-electron chi connectivity index (χ3n) is 2.74. The Hall–Kier alpha value is -0.0800. The zero-order chi connectivity index (χ0) is 8.81. The molecular formula is C10H22N2. The standard InChI is InChI=1S/C10H22N2/c1-3-9(2)12-8-10-6-4-5-7-11-10/h9-12H,3-8H2,1-2H3. The van der Waals surface area contributed by atoms with Crippen LogP contribution >= 0.6 is 0 Å². The maximum atomic E-state index is 3.54. The molecule has 72 valence electrons. The van der Waals surface area contributed by atoms with Crippen molar-refractivity contribution in [3.8, 4) is 0 Å². The van der Waals surface area contributed by atoms with Gasteiger partial charge in [-0.3, -0.25) is 0 Å². The molecule has 0 amide bonds. The van der Waals surface area contributed by atoms with E-state index in [0.717, 1.165) is 12.6 Å². The molecule has 1 aliphatic rings. The highest BCUT2D eigenvalue weighted by Gasteiger charge is 2.12. The Balaban J connectivity index is 2.05. The summed E-state index contributed by atoms with van der Waals surface area (Å²) in [6.45, 7) is 6.84. The van der Waals surface area contributed by atoms with Crippen LogP contribution in [-0.4, -0.2) is 25.2 Å². The minimum atomic E-state index is 0.675. The summed E-state index contributed by atoms with van der Waals surface area (Å²) < 4.78 is 0. The zero-order valence-corrected chi connectivity index (χ0v) is 8.40. The van der Waals surface area contributed by atoms with Crippen LogP contribution in [-0.2, 0) is 0 Å². The molecule has 1 rings (SSSR count). The van der Waals surface area contributed by atoms with Gasteiger partial charge in [0, 0.05) is 18.6 Å². The molecule has 0 bridgehead atoms. The van der Waals surface area contributed by atoms with Crippen molar-refractivity contribution in [3.05, 3.63) is 0 Å². The van der Waals surface area contributed by atoms with Crippen LogP contribution in [0.5, 0.6) is 0 Å². The van der Waals surface area contributed by atoms with Crippen LogP contribution in [0.3, 0.4) is 0 Å². The average Bonchev–Trinajstić information content (AvgIpc) is 2.16. The number of nitrogens with one attached hydrogen (secondary N) is 2. The Kier molecular flexibility index (Phi) is 4.62. The molecule has 2 nitrogen and oxygen atoms in total. The van der Waals surface area contributed by atoms with Gasteiger partial charge in [-0.15, -0.1) is 0 Å². The van der Waals surface area contributed by atoms with Gasteiger partial charge >= 0.3 is 0 Å². The van der Waals surface area contributed by atoms with E-state index in [2.05, 4.69) is 24.5 Å². The van der Waals surface area contributed by atoms with Crippen LogP contribution in [0.15, 0.2) is 0 Å². The van der Waals surface area contributed by atoms with Crippen molar-refractivity contribution in [2.24, 2.45) is 0 Å². The topological polar surface area (TPSA) is 24.1 Å². The fourth-order valence-corrected chi connectivity index (χ4v) is 1.59. The van der Waals surface area contributed by atoms with Gasteiger partial charge < -0.3 is 10.6 Å². The van der Waals surface area contributed by atoms with Gasteiger partial charge in [-0.2, -0.15) is 0 Å². The second kappa shape index (κ2) is 5.55. The van der Waals surface area contributed by atoms with Gasteiger partial charge in [-0.1, -0.05) is 13.3 Å². The minimum Gasteiger partial charge on any atom is -0.313 e. The first kappa shape index (κ1) is 10.0. The predicted molar refractivity (Wildman–Crippen MR) is 53.4 cm³/mol. The van der Waals surface area contributed by atoms with Crippen LogP contribution in [0.2, 0.25) is 0 Å². The van der Waals surface area contributed by atoms with Gasteiger partial charge in [0.1, 0.15) is 0 Å². The van der Waals surface area contributed by atoms with Gasteiger partial charge in [-0.05, 0) is 32.7 Å². The Bertz CT molecular complexity index is 108. The number of rotatable bonds is 4. The lowest BCUT2D eigenvalue weighted by molar-refractivity contribution is 0.367. The van der Waals surface area contributed by atoms with Gasteiger partial charge in [0.05, 0.1) is 0 Å². The molecule has 2 N–H and O–H groups in total. The van der Waals surface area contributed by atoms with Crippen molar-refractivity contribution in [1.82, 2.24) is 10.6 Å². The maximum absolute atomic E-state index is 3.54. The Morgan fingerprint density at radius 1 is 1.50 bits per heavy atom. The normalized spacial score (nSPS) is 27.0. The highest BCUT2D eigenvalue weighted by atomic mass is 15.0. The third-order valence-corrected chi connectivity index (χ3v) is 2.74. The van der Waals surface area contributed by atoms with E-state index in [4.69, 9.17) is 0 Å². The summed E-state index contributed by atoms with van der Waals surface area (Å²) in [4.78, 5) is 0. The molecule has 0 saturated carbocycles. The second-order valence-corrected chi connectivity index (χ2v) is 3.86. The molecule has 2 atom stereocenters. The Morgan fingerprint density at radius 2 is 2.33 bits per heavy atom. The van der Waals surface area contributed by atoms with Gasteiger partial charge in [0.25, 0.3) is 0 Å². The summed E-state index contributed by atoms with van der Waals surface area (Å²) in [5, 5.41) is 7.08. The largest absolute Gasteiger partial charge is 0.313 e. The molecule has 1 aliphatic heterocycles. The van der Waals surface area contributed by atoms with Gasteiger partial charge in [0.15, 0.2) is 0 Å². The average molecular weight is 170 g/mol. The molecule has 0 aromatic heterocycles. The molecule has 0 radical (unpaired) electrons. The predicted octanol–water partition coefficient (Wildman–Crippen LogP) is 1.52. The molecule has 2 heteroatoms. The zero-order valence-electron chi connectivity index (χ0n) is 8.40. The van der Waals surface area contributed by atoms with E-state index >= 15 is 0 Å². The summed E-state index contributed by atoms with van der Waals surface area (Å²) in [6.07, 6.45) is 5.34. The lowest BCUT2D eigenvalue weighted by Crippen LogP contribution is -2.43. The van der Waals surface area contributed by atoms with Crippen molar-refractivity contribution in [1.29, 1.82) is 0 Å². The van der Waals surface area contributed by atoms with Gasteiger partial charge in [0.2, 0.25) is 0 Å². The lowest BCUT2D eigenvalue weighted by Gasteiger charge is -2.25. The van der Waals surface area contributed by atoms with E-state index in [1.807, 2.05) is 0 Å². The highest BCUT2D eigenvalue weighted by molar-refractivity contribution is 4.75. The third kappa shape index (κ3) is 3.55. The van der Waals surface area contributed by atoms with E-state index < -0.39 is 0 Å². The van der Waals surface area contributed by atoms with Gasteiger partial charge in [-0.25, -0.2) is 0 Å². The van der Waals surface area contributed by atoms with E-state index in [1.54, 1.807) is 0 Å². The number of piperidine rings is 1. The van der Waals surface area contributed by atoms with Crippen LogP contribution in [0.25, 0.3) is 0 Å². The molecule has 0 aliphatic carbocycles. The van der Waals surface area contributed by atoms with Crippen LogP contribution in [0.1, 0.15) is 39.5 Å². The second-order valence-electron chi connectivity index (χ2n) is 3.86. The first-order valence-corrected chi connectivity index (χ1v) is 5.29. The Labute approximate surface area is 76.1 Å². The van der Waals surface area contributed by atoms with E-state index in [0.29, 0.717) is 6.04 Å². The smallest absolute Gasteiger partial charge is 0.0192 e. The SMILES string of the molecule is CCC(C)NCC1CCCCN1. The lowest BCUT2D eigenvalue weighted by atomic mass is 10.0. The van der Waals surface area contributed by atoms with E-state index in [1.165, 1.54) is 32.2 Å². The van der Waals surface area contributed by atoms with Crippen molar-refractivity contribution >= 4 is 0 Å². The van der Waals surface area contributed by atoms with Crippen LogP contribution in [0.4, 0.5) is 0 Å². The summed E-state index contributed by atoms with van der Waals surface area (Å²) in [7, 11) is 0. The summed E-state index contributed by atoms with van der Waals surface area (Å²) in [6, 6.07) is 1.40. The summed E-state index contributed by atoms with van der Waals surface area (Å²) in [5.74, 6) is 0. The van der Waals surface area contributed by atoms with Crippen molar-refractivity contribution < 1.29 is 0 Å². The summed E-state index contributed by atoms with van der Waals surface area (Å²) in [5.41, 5.74) is 0. The monoisotopic (exact) mass is 170 g/mol. The molecule has 1 saturated heterocycles. The fourth-order valence-electron chi connectivity index (χ4n) is 1.59. The first-order valence-electron chi connectivity index (χ1n) is 5.29. The molecule has 1 heterocycles. The van der Waals surface area contributed by atoms with Crippen molar-refractivity contribution in [2.45, 2.75) is 51.6 Å². The maximum Gasteiger partial charge on any atom is 0.0192 e. The van der Waals surface area contributed by atoms with Crippen LogP contribution < -0.4 is 10.6 Å². The Morgan fingerprint density at radius 3 is 2.92 bits per heavy atom. The molecule has 2 unspecified atom stereocenters. The van der Waals surface area contributed by atoms with E-state index in [-0.39, 0.29) is 0 Å². The van der Waals surface area contributed by atoms with Crippen molar-refractivity contribution in [2.75, 3.05) is 13.1 Å². The highest BCUT2D eigenvalue weighted by Crippen LogP contribution is 2.05. The van der Waals surface area contributed by atoms with Crippen molar-refractivity contribution in [3.63, 3.8) is 0 Å². The minimum absolute atomic E-state index is 0.675. The quantitative estimate of drug-likeness (QED) is 0.668. The van der Waals surface area contributed by atoms with Crippen LogP contribution in [0, 0.1) is 0 Å². The molecule has 1 fully saturated rings. The first-order chi connectivity index (χ1) is 5.83. The molecule has 0 spiro atoms. The summed E-state index contributed by atoms with van der Waals surface area (Å²) >= 11 is 0. The molecular weight excluding hydrogens is 148 g/mol. The number of hydrogen-bond donors (Lipinski definition) is 2. The fraction of sp³-hybridized carbons (Fsp3) is 1.00. The van der Waals surface area contributed by atoms with E-state index in [9.17, 15) is 0 Å². The molecule has 0 aromatic carbocycles. The number of hydrogen-bond acceptors (Lipinski definition) is 2. The molecule has 12 heavy (non-hydrogen) atoms. The molecule has 0 aromatic rings.